The fourth-order valence-electron chi connectivity index (χ4n) is 3.20. The Bertz CT molecular complexity index is 360. The van der Waals surface area contributed by atoms with Gasteiger partial charge in [0.1, 0.15) is 5.54 Å². The van der Waals surface area contributed by atoms with Crippen LogP contribution < -0.4 is 5.32 Å². The summed E-state index contributed by atoms with van der Waals surface area (Å²) in [6, 6.07) is 0. The number of carbonyl (C=O) groups is 2. The van der Waals surface area contributed by atoms with Gasteiger partial charge in [0.25, 0.3) is 0 Å². The van der Waals surface area contributed by atoms with Gasteiger partial charge in [0, 0.05) is 13.2 Å². The molecule has 1 atom stereocenters. The Morgan fingerprint density at radius 3 is 2.70 bits per heavy atom. The van der Waals surface area contributed by atoms with Crippen molar-refractivity contribution in [3.63, 3.8) is 0 Å². The lowest BCUT2D eigenvalue weighted by Gasteiger charge is -2.41. The zero-order chi connectivity index (χ0) is 14.6. The van der Waals surface area contributed by atoms with Crippen LogP contribution >= 0.6 is 0 Å². The number of ether oxygens (including phenoxy) is 1. The van der Waals surface area contributed by atoms with Crippen molar-refractivity contribution >= 4 is 11.8 Å². The minimum absolute atomic E-state index is 0.0367. The van der Waals surface area contributed by atoms with Crippen molar-refractivity contribution in [3.05, 3.63) is 0 Å². The van der Waals surface area contributed by atoms with E-state index in [-0.39, 0.29) is 18.4 Å². The van der Waals surface area contributed by atoms with Crippen LogP contribution in [0.25, 0.3) is 0 Å². The Kier molecular flexibility index (Phi) is 5.02. The number of rotatable bonds is 6. The van der Waals surface area contributed by atoms with Crippen molar-refractivity contribution in [2.45, 2.75) is 64.0 Å². The number of piperazine rings is 1. The van der Waals surface area contributed by atoms with Crippen LogP contribution in [0.15, 0.2) is 0 Å². The smallest absolute Gasteiger partial charge is 0.248 e. The average Bonchev–Trinajstić information content (AvgIpc) is 2.95. The van der Waals surface area contributed by atoms with E-state index in [9.17, 15) is 9.59 Å². The minimum atomic E-state index is -0.681. The molecule has 0 aromatic heterocycles. The zero-order valence-electron chi connectivity index (χ0n) is 12.6. The summed E-state index contributed by atoms with van der Waals surface area (Å²) in [7, 11) is 0. The summed E-state index contributed by atoms with van der Waals surface area (Å²) in [5.74, 6) is 0.0415. The summed E-state index contributed by atoms with van der Waals surface area (Å²) in [6.07, 6.45) is 5.81. The largest absolute Gasteiger partial charge is 0.378 e. The molecule has 2 fully saturated rings. The molecule has 2 amide bonds. The number of nitrogens with zero attached hydrogens (tertiary/aromatic N) is 1. The highest BCUT2D eigenvalue weighted by molar-refractivity contribution is 5.97. The van der Waals surface area contributed by atoms with E-state index in [0.29, 0.717) is 25.5 Å². The predicted octanol–water partition coefficient (Wildman–Crippen LogP) is 1.46. The molecule has 20 heavy (non-hydrogen) atoms. The van der Waals surface area contributed by atoms with Crippen LogP contribution in [0.5, 0.6) is 0 Å². The van der Waals surface area contributed by atoms with Gasteiger partial charge in [-0.25, -0.2) is 0 Å². The second-order valence-electron chi connectivity index (χ2n) is 5.84. The van der Waals surface area contributed by atoms with Gasteiger partial charge in [-0.3, -0.25) is 9.59 Å². The molecule has 2 saturated heterocycles. The third kappa shape index (κ3) is 3.14. The number of nitrogens with one attached hydrogen (secondary N) is 1. The van der Waals surface area contributed by atoms with Gasteiger partial charge < -0.3 is 15.0 Å². The van der Waals surface area contributed by atoms with E-state index in [4.69, 9.17) is 4.74 Å². The Morgan fingerprint density at radius 2 is 2.10 bits per heavy atom. The summed E-state index contributed by atoms with van der Waals surface area (Å²) in [5.41, 5.74) is -0.681. The van der Waals surface area contributed by atoms with Crippen LogP contribution in [-0.4, -0.2) is 48.1 Å². The molecule has 0 aromatic carbocycles. The molecule has 1 unspecified atom stereocenters. The summed E-state index contributed by atoms with van der Waals surface area (Å²) in [6.45, 7) is 5.64. The van der Waals surface area contributed by atoms with E-state index in [1.165, 1.54) is 0 Å². The first-order valence-corrected chi connectivity index (χ1v) is 7.83. The first kappa shape index (κ1) is 15.3. The highest BCUT2D eigenvalue weighted by Gasteiger charge is 2.43. The van der Waals surface area contributed by atoms with Gasteiger partial charge in [-0.15, -0.1) is 0 Å². The minimum Gasteiger partial charge on any atom is -0.378 e. The quantitative estimate of drug-likeness (QED) is 0.802. The monoisotopic (exact) mass is 282 g/mol. The Labute approximate surface area is 121 Å². The Balaban J connectivity index is 1.89. The SMILES string of the molecule is CCC1(CC)NC(=O)CN(CCCC2CCCO2)C1=O. The van der Waals surface area contributed by atoms with Crippen LogP contribution in [-0.2, 0) is 14.3 Å². The standard InChI is InChI=1S/C15H26N2O3/c1-3-15(4-2)14(19)17(11-13(18)16-15)9-5-7-12-8-6-10-20-12/h12H,3-11H2,1-2H3,(H,16,18). The van der Waals surface area contributed by atoms with Gasteiger partial charge in [0.15, 0.2) is 0 Å². The number of amides is 2. The number of hydrogen-bond donors (Lipinski definition) is 1. The molecule has 2 aliphatic heterocycles. The van der Waals surface area contributed by atoms with Crippen LogP contribution in [0, 0.1) is 0 Å². The third-order valence-corrected chi connectivity index (χ3v) is 4.59. The second-order valence-corrected chi connectivity index (χ2v) is 5.84. The highest BCUT2D eigenvalue weighted by atomic mass is 16.5. The fraction of sp³-hybridized carbons (Fsp3) is 0.867. The van der Waals surface area contributed by atoms with Crippen LogP contribution in [0.3, 0.4) is 0 Å². The van der Waals surface area contributed by atoms with Crippen LogP contribution in [0.1, 0.15) is 52.4 Å². The normalized spacial score (nSPS) is 25.9. The molecule has 2 heterocycles. The van der Waals surface area contributed by atoms with Crippen LogP contribution in [0.4, 0.5) is 0 Å². The van der Waals surface area contributed by atoms with E-state index in [0.717, 1.165) is 32.3 Å². The summed E-state index contributed by atoms with van der Waals surface area (Å²) >= 11 is 0. The molecule has 0 bridgehead atoms. The van der Waals surface area contributed by atoms with Gasteiger partial charge in [-0.1, -0.05) is 13.8 Å². The molecule has 1 N–H and O–H groups in total. The van der Waals surface area contributed by atoms with Gasteiger partial charge in [0.05, 0.1) is 12.6 Å². The summed E-state index contributed by atoms with van der Waals surface area (Å²) in [5, 5.41) is 2.89. The van der Waals surface area contributed by atoms with Gasteiger partial charge in [-0.2, -0.15) is 0 Å². The lowest BCUT2D eigenvalue weighted by molar-refractivity contribution is -0.150. The zero-order valence-corrected chi connectivity index (χ0v) is 12.6. The van der Waals surface area contributed by atoms with E-state index in [2.05, 4.69) is 5.32 Å². The van der Waals surface area contributed by atoms with Crippen molar-refractivity contribution in [1.82, 2.24) is 10.2 Å². The predicted molar refractivity (Wildman–Crippen MR) is 76.2 cm³/mol. The van der Waals surface area contributed by atoms with E-state index in [1.54, 1.807) is 4.90 Å². The summed E-state index contributed by atoms with van der Waals surface area (Å²) in [4.78, 5) is 26.1. The molecule has 0 aliphatic carbocycles. The van der Waals surface area contributed by atoms with Crippen molar-refractivity contribution in [1.29, 1.82) is 0 Å². The van der Waals surface area contributed by atoms with Crippen LogP contribution in [0.2, 0.25) is 0 Å². The Hall–Kier alpha value is -1.10. The van der Waals surface area contributed by atoms with Crippen molar-refractivity contribution in [2.75, 3.05) is 19.7 Å². The van der Waals surface area contributed by atoms with Crippen molar-refractivity contribution in [2.24, 2.45) is 0 Å². The van der Waals surface area contributed by atoms with Gasteiger partial charge >= 0.3 is 0 Å². The molecule has 0 radical (unpaired) electrons. The maximum atomic E-state index is 12.6. The molecule has 2 rings (SSSR count). The molecular weight excluding hydrogens is 256 g/mol. The molecule has 2 aliphatic rings. The van der Waals surface area contributed by atoms with E-state index in [1.807, 2.05) is 13.8 Å². The fourth-order valence-corrected chi connectivity index (χ4v) is 3.20. The molecule has 0 aromatic rings. The molecular formula is C15H26N2O3. The second kappa shape index (κ2) is 6.57. The lowest BCUT2D eigenvalue weighted by Crippen LogP contribution is -2.66. The molecule has 5 nitrogen and oxygen atoms in total. The molecule has 0 spiro atoms. The number of carbonyl (C=O) groups excluding carboxylic acids is 2. The van der Waals surface area contributed by atoms with Crippen molar-refractivity contribution < 1.29 is 14.3 Å². The van der Waals surface area contributed by atoms with Gasteiger partial charge in [0.2, 0.25) is 11.8 Å². The summed E-state index contributed by atoms with van der Waals surface area (Å²) < 4.78 is 5.59. The Morgan fingerprint density at radius 1 is 1.35 bits per heavy atom. The molecule has 114 valence electrons. The van der Waals surface area contributed by atoms with Gasteiger partial charge in [-0.05, 0) is 38.5 Å². The average molecular weight is 282 g/mol. The first-order chi connectivity index (χ1) is 9.61. The maximum Gasteiger partial charge on any atom is 0.248 e. The molecule has 5 heteroatoms. The third-order valence-electron chi connectivity index (χ3n) is 4.59. The van der Waals surface area contributed by atoms with E-state index >= 15 is 0 Å². The topological polar surface area (TPSA) is 58.6 Å². The number of hydrogen-bond acceptors (Lipinski definition) is 3. The lowest BCUT2D eigenvalue weighted by atomic mass is 9.89. The highest BCUT2D eigenvalue weighted by Crippen LogP contribution is 2.23. The first-order valence-electron chi connectivity index (χ1n) is 7.83. The van der Waals surface area contributed by atoms with Crippen molar-refractivity contribution in [3.8, 4) is 0 Å². The molecule has 0 saturated carbocycles. The van der Waals surface area contributed by atoms with E-state index < -0.39 is 5.54 Å². The maximum absolute atomic E-state index is 12.6.